The van der Waals surface area contributed by atoms with E-state index in [9.17, 15) is 0 Å². The predicted molar refractivity (Wildman–Crippen MR) is 79.6 cm³/mol. The molecule has 1 aromatic rings. The molecule has 0 aromatic heterocycles. The minimum atomic E-state index is 0.976. The highest BCUT2D eigenvalue weighted by atomic mass is 16.5. The highest BCUT2D eigenvalue weighted by Crippen LogP contribution is 2.34. The maximum absolute atomic E-state index is 5.34. The van der Waals surface area contributed by atoms with Crippen LogP contribution in [0.4, 0.5) is 0 Å². The molecule has 0 bridgehead atoms. The SMILES string of the molecule is COc1ccc2c(c1)/C(=C/CN1CCCCC1)CC2. The van der Waals surface area contributed by atoms with E-state index in [-0.39, 0.29) is 0 Å². The van der Waals surface area contributed by atoms with Crippen LogP contribution in [0.1, 0.15) is 36.8 Å². The molecule has 1 heterocycles. The third-order valence-corrected chi connectivity index (χ3v) is 4.37. The number of methoxy groups -OCH3 is 1. The van der Waals surface area contributed by atoms with Crippen molar-refractivity contribution in [3.63, 3.8) is 0 Å². The van der Waals surface area contributed by atoms with Crippen molar-refractivity contribution in [3.05, 3.63) is 35.4 Å². The lowest BCUT2D eigenvalue weighted by atomic mass is 10.1. The van der Waals surface area contributed by atoms with Gasteiger partial charge >= 0.3 is 0 Å². The number of nitrogens with zero attached hydrogens (tertiary/aromatic N) is 1. The van der Waals surface area contributed by atoms with Crippen LogP contribution in [0.25, 0.3) is 5.57 Å². The summed E-state index contributed by atoms with van der Waals surface area (Å²) in [5.41, 5.74) is 4.40. The van der Waals surface area contributed by atoms with Crippen molar-refractivity contribution in [2.45, 2.75) is 32.1 Å². The number of piperidine rings is 1. The van der Waals surface area contributed by atoms with Gasteiger partial charge in [0.25, 0.3) is 0 Å². The number of benzene rings is 1. The van der Waals surface area contributed by atoms with Gasteiger partial charge in [-0.25, -0.2) is 0 Å². The molecular formula is C17H23NO. The Kier molecular flexibility index (Phi) is 3.88. The number of allylic oxidation sites excluding steroid dienone is 1. The first-order valence-corrected chi connectivity index (χ1v) is 7.45. The fourth-order valence-electron chi connectivity index (χ4n) is 3.20. The average Bonchev–Trinajstić information content (AvgIpc) is 2.88. The van der Waals surface area contributed by atoms with Crippen molar-refractivity contribution < 1.29 is 4.74 Å². The van der Waals surface area contributed by atoms with Crippen molar-refractivity contribution in [1.29, 1.82) is 0 Å². The summed E-state index contributed by atoms with van der Waals surface area (Å²) in [7, 11) is 1.74. The molecule has 0 atom stereocenters. The molecule has 0 amide bonds. The van der Waals surface area contributed by atoms with E-state index in [4.69, 9.17) is 4.74 Å². The first-order valence-electron chi connectivity index (χ1n) is 7.45. The molecule has 1 fully saturated rings. The summed E-state index contributed by atoms with van der Waals surface area (Å²) in [6.07, 6.45) is 8.96. The zero-order valence-corrected chi connectivity index (χ0v) is 11.8. The van der Waals surface area contributed by atoms with Gasteiger partial charge in [-0.3, -0.25) is 4.90 Å². The largest absolute Gasteiger partial charge is 0.497 e. The van der Waals surface area contributed by atoms with Crippen LogP contribution in [0.3, 0.4) is 0 Å². The average molecular weight is 257 g/mol. The first-order chi connectivity index (χ1) is 9.36. The molecule has 0 unspecified atom stereocenters. The Bertz CT molecular complexity index is 472. The van der Waals surface area contributed by atoms with Gasteiger partial charge in [0.15, 0.2) is 0 Å². The van der Waals surface area contributed by atoms with Gasteiger partial charge in [0, 0.05) is 6.54 Å². The Morgan fingerprint density at radius 1 is 1.16 bits per heavy atom. The molecule has 2 heteroatoms. The zero-order valence-electron chi connectivity index (χ0n) is 11.8. The van der Waals surface area contributed by atoms with Crippen molar-refractivity contribution in [2.75, 3.05) is 26.7 Å². The maximum atomic E-state index is 5.34. The number of likely N-dealkylation sites (tertiary alicyclic amines) is 1. The van der Waals surface area contributed by atoms with Crippen LogP contribution in [-0.2, 0) is 6.42 Å². The smallest absolute Gasteiger partial charge is 0.119 e. The van der Waals surface area contributed by atoms with Crippen molar-refractivity contribution in [3.8, 4) is 5.75 Å². The maximum Gasteiger partial charge on any atom is 0.119 e. The minimum Gasteiger partial charge on any atom is -0.497 e. The number of hydrogen-bond donors (Lipinski definition) is 0. The van der Waals surface area contributed by atoms with Crippen LogP contribution in [0, 0.1) is 0 Å². The lowest BCUT2D eigenvalue weighted by molar-refractivity contribution is 0.251. The normalized spacial score (nSPS) is 21.6. The Labute approximate surface area is 116 Å². The van der Waals surface area contributed by atoms with Gasteiger partial charge in [-0.05, 0) is 67.6 Å². The predicted octanol–water partition coefficient (Wildman–Crippen LogP) is 3.51. The molecule has 102 valence electrons. The minimum absolute atomic E-state index is 0.976. The number of aryl methyl sites for hydroxylation is 1. The summed E-state index contributed by atoms with van der Waals surface area (Å²) < 4.78 is 5.34. The second-order valence-corrected chi connectivity index (χ2v) is 5.61. The Morgan fingerprint density at radius 2 is 2.00 bits per heavy atom. The standard InChI is InChI=1S/C17H23NO/c1-19-16-8-7-14-5-6-15(17(14)13-16)9-12-18-10-3-2-4-11-18/h7-9,13H,2-6,10-12H2,1H3/b15-9+. The number of ether oxygens (including phenoxy) is 1. The van der Waals surface area contributed by atoms with Crippen LogP contribution in [0.5, 0.6) is 5.75 Å². The first kappa shape index (κ1) is 12.7. The zero-order chi connectivity index (χ0) is 13.1. The van der Waals surface area contributed by atoms with Gasteiger partial charge in [0.1, 0.15) is 5.75 Å². The summed E-state index contributed by atoms with van der Waals surface area (Å²) in [5.74, 6) is 0.976. The van der Waals surface area contributed by atoms with Gasteiger partial charge in [-0.2, -0.15) is 0 Å². The van der Waals surface area contributed by atoms with E-state index in [1.54, 1.807) is 7.11 Å². The van der Waals surface area contributed by atoms with Gasteiger partial charge in [0.2, 0.25) is 0 Å². The summed E-state index contributed by atoms with van der Waals surface area (Å²) in [6, 6.07) is 6.49. The molecule has 0 radical (unpaired) electrons. The van der Waals surface area contributed by atoms with Crippen LogP contribution in [0.15, 0.2) is 24.3 Å². The molecule has 1 aromatic carbocycles. The van der Waals surface area contributed by atoms with E-state index >= 15 is 0 Å². The summed E-state index contributed by atoms with van der Waals surface area (Å²) >= 11 is 0. The van der Waals surface area contributed by atoms with E-state index in [1.807, 2.05) is 0 Å². The van der Waals surface area contributed by atoms with Gasteiger partial charge < -0.3 is 4.74 Å². The van der Waals surface area contributed by atoms with Gasteiger partial charge in [-0.15, -0.1) is 0 Å². The van der Waals surface area contributed by atoms with E-state index in [1.165, 1.54) is 61.9 Å². The van der Waals surface area contributed by atoms with Gasteiger partial charge in [-0.1, -0.05) is 18.6 Å². The Hall–Kier alpha value is -1.28. The summed E-state index contributed by atoms with van der Waals surface area (Å²) in [4.78, 5) is 2.58. The van der Waals surface area contributed by atoms with Crippen molar-refractivity contribution >= 4 is 5.57 Å². The topological polar surface area (TPSA) is 12.5 Å². The lowest BCUT2D eigenvalue weighted by Gasteiger charge is -2.25. The van der Waals surface area contributed by atoms with Crippen molar-refractivity contribution in [2.24, 2.45) is 0 Å². The van der Waals surface area contributed by atoms with Crippen molar-refractivity contribution in [1.82, 2.24) is 4.90 Å². The molecule has 3 rings (SSSR count). The highest BCUT2D eigenvalue weighted by molar-refractivity contribution is 5.73. The lowest BCUT2D eigenvalue weighted by Crippen LogP contribution is -2.29. The fraction of sp³-hybridized carbons (Fsp3) is 0.529. The third-order valence-electron chi connectivity index (χ3n) is 4.37. The van der Waals surface area contributed by atoms with E-state index < -0.39 is 0 Å². The molecule has 2 aliphatic rings. The molecule has 0 spiro atoms. The summed E-state index contributed by atoms with van der Waals surface area (Å²) in [6.45, 7) is 3.66. The molecule has 1 saturated heterocycles. The third kappa shape index (κ3) is 2.84. The van der Waals surface area contributed by atoms with Crippen LogP contribution in [-0.4, -0.2) is 31.6 Å². The second kappa shape index (κ2) is 5.79. The Balaban J connectivity index is 1.73. The van der Waals surface area contributed by atoms with Gasteiger partial charge in [0.05, 0.1) is 7.11 Å². The van der Waals surface area contributed by atoms with Crippen LogP contribution in [0.2, 0.25) is 0 Å². The fourth-order valence-corrected chi connectivity index (χ4v) is 3.20. The van der Waals surface area contributed by atoms with E-state index in [0.717, 1.165) is 12.3 Å². The molecule has 2 nitrogen and oxygen atoms in total. The number of rotatable bonds is 3. The second-order valence-electron chi connectivity index (χ2n) is 5.61. The molecule has 0 N–H and O–H groups in total. The van der Waals surface area contributed by atoms with E-state index in [2.05, 4.69) is 29.2 Å². The quantitative estimate of drug-likeness (QED) is 0.821. The molecule has 0 saturated carbocycles. The molecular weight excluding hydrogens is 234 g/mol. The van der Waals surface area contributed by atoms with Crippen LogP contribution >= 0.6 is 0 Å². The summed E-state index contributed by atoms with van der Waals surface area (Å²) in [5, 5.41) is 0. The number of hydrogen-bond acceptors (Lipinski definition) is 2. The number of fused-ring (bicyclic) bond motifs is 1. The monoisotopic (exact) mass is 257 g/mol. The molecule has 1 aliphatic heterocycles. The highest BCUT2D eigenvalue weighted by Gasteiger charge is 2.17. The Morgan fingerprint density at radius 3 is 2.79 bits per heavy atom. The van der Waals surface area contributed by atoms with Crippen LogP contribution < -0.4 is 4.74 Å². The van der Waals surface area contributed by atoms with E-state index in [0.29, 0.717) is 0 Å². The molecule has 1 aliphatic carbocycles. The molecule has 19 heavy (non-hydrogen) atoms.